The third-order valence-electron chi connectivity index (χ3n) is 3.51. The number of hydrogen-bond acceptors (Lipinski definition) is 4. The highest BCUT2D eigenvalue weighted by Gasteiger charge is 2.40. The Bertz CT molecular complexity index is 635. The molecule has 1 atom stereocenters. The molecule has 1 heterocycles. The molecule has 3 rings (SSSR count). The van der Waals surface area contributed by atoms with Crippen LogP contribution in [-0.4, -0.2) is 18.6 Å². The van der Waals surface area contributed by atoms with Gasteiger partial charge in [-0.3, -0.25) is 10.1 Å². The molecule has 0 saturated carbocycles. The van der Waals surface area contributed by atoms with Gasteiger partial charge in [-0.25, -0.2) is 4.79 Å². The number of carbonyl (C=O) groups excluding carboxylic acids is 2. The highest BCUT2D eigenvalue weighted by molar-refractivity contribution is 6.32. The van der Waals surface area contributed by atoms with Gasteiger partial charge in [0.1, 0.15) is 0 Å². The maximum Gasteiger partial charge on any atom is 0.415 e. The van der Waals surface area contributed by atoms with Gasteiger partial charge in [-0.15, -0.1) is 0 Å². The fourth-order valence-electron chi connectivity index (χ4n) is 2.75. The third-order valence-corrected chi connectivity index (χ3v) is 3.79. The lowest BCUT2D eigenvalue weighted by Gasteiger charge is -2.19. The van der Waals surface area contributed by atoms with Gasteiger partial charge in [0, 0.05) is 5.56 Å². The van der Waals surface area contributed by atoms with Crippen LogP contribution in [0.5, 0.6) is 5.75 Å². The van der Waals surface area contributed by atoms with E-state index in [4.69, 9.17) is 16.3 Å². The Morgan fingerprint density at radius 3 is 2.76 bits per heavy atom. The van der Waals surface area contributed by atoms with Crippen LogP contribution in [0.4, 0.5) is 13.6 Å². The van der Waals surface area contributed by atoms with Gasteiger partial charge in [0.25, 0.3) is 5.91 Å². The molecule has 1 aliphatic carbocycles. The first-order valence-electron chi connectivity index (χ1n) is 6.28. The number of cyclic esters (lactones) is 1. The molecule has 0 bridgehead atoms. The number of carbonyl (C=O) groups is 2. The lowest BCUT2D eigenvalue weighted by molar-refractivity contribution is -0.124. The maximum absolute atomic E-state index is 12.6. The summed E-state index contributed by atoms with van der Waals surface area (Å²) in [5, 5.41) is 1.94. The van der Waals surface area contributed by atoms with Crippen molar-refractivity contribution in [3.63, 3.8) is 0 Å². The fourth-order valence-corrected chi connectivity index (χ4v) is 3.03. The summed E-state index contributed by atoms with van der Waals surface area (Å²) in [5.74, 6) is -1.02. The van der Waals surface area contributed by atoms with Gasteiger partial charge < -0.3 is 9.47 Å². The third kappa shape index (κ3) is 2.42. The minimum absolute atomic E-state index is 0.0262. The summed E-state index contributed by atoms with van der Waals surface area (Å²) in [4.78, 5) is 23.0. The fraction of sp³-hybridized carbons (Fsp3) is 0.385. The Hall–Kier alpha value is -1.89. The highest BCUT2D eigenvalue weighted by atomic mass is 35.5. The average molecular weight is 318 g/mol. The number of halogens is 3. The highest BCUT2D eigenvalue weighted by Crippen LogP contribution is 2.43. The number of aryl methyl sites for hydroxylation is 1. The molecule has 1 aliphatic heterocycles. The summed E-state index contributed by atoms with van der Waals surface area (Å²) in [6.07, 6.45) is -0.113. The van der Waals surface area contributed by atoms with Gasteiger partial charge in [-0.05, 0) is 36.5 Å². The molecule has 0 aromatic heterocycles. The number of alkyl halides is 2. The molecule has 2 amide bonds. The number of rotatable bonds is 3. The standard InChI is InChI=1S/C13H10ClF2NO4/c14-7-4-5-2-1-3-6(5)8(9(7)20-12(15)16)10-11(18)17-13(19)21-10/h4,10,12H,1-3H2,(H,17,18,19). The first-order valence-corrected chi connectivity index (χ1v) is 6.65. The van der Waals surface area contributed by atoms with Gasteiger partial charge in [0.05, 0.1) is 5.02 Å². The second-order valence-electron chi connectivity index (χ2n) is 4.75. The second-order valence-corrected chi connectivity index (χ2v) is 5.15. The van der Waals surface area contributed by atoms with Crippen molar-refractivity contribution in [3.05, 3.63) is 27.8 Å². The summed E-state index contributed by atoms with van der Waals surface area (Å²) >= 11 is 5.99. The number of ether oxygens (including phenoxy) is 2. The smallest absolute Gasteiger partial charge is 0.415 e. The Labute approximate surface area is 123 Å². The van der Waals surface area contributed by atoms with Crippen LogP contribution in [0.2, 0.25) is 5.02 Å². The van der Waals surface area contributed by atoms with E-state index in [0.717, 1.165) is 18.4 Å². The van der Waals surface area contributed by atoms with Crippen LogP contribution in [0.1, 0.15) is 29.2 Å². The molecule has 8 heteroatoms. The van der Waals surface area contributed by atoms with Gasteiger partial charge in [-0.2, -0.15) is 8.78 Å². The number of alkyl carbamates (subject to hydrolysis) is 1. The van der Waals surface area contributed by atoms with Crippen molar-refractivity contribution in [2.75, 3.05) is 0 Å². The number of fused-ring (bicyclic) bond motifs is 1. The predicted octanol–water partition coefficient (Wildman–Crippen LogP) is 2.74. The summed E-state index contributed by atoms with van der Waals surface area (Å²) in [5.41, 5.74) is 1.66. The summed E-state index contributed by atoms with van der Waals surface area (Å²) in [6.45, 7) is -3.10. The van der Waals surface area contributed by atoms with E-state index in [2.05, 4.69) is 4.74 Å². The summed E-state index contributed by atoms with van der Waals surface area (Å²) in [6, 6.07) is 1.56. The Morgan fingerprint density at radius 1 is 1.38 bits per heavy atom. The van der Waals surface area contributed by atoms with Gasteiger partial charge in [-0.1, -0.05) is 11.6 Å². The quantitative estimate of drug-likeness (QED) is 0.931. The van der Waals surface area contributed by atoms with Crippen molar-refractivity contribution in [2.45, 2.75) is 32.0 Å². The van der Waals surface area contributed by atoms with Crippen LogP contribution in [-0.2, 0) is 22.4 Å². The van der Waals surface area contributed by atoms with E-state index >= 15 is 0 Å². The van der Waals surface area contributed by atoms with Crippen molar-refractivity contribution >= 4 is 23.6 Å². The number of amides is 2. The van der Waals surface area contributed by atoms with E-state index in [9.17, 15) is 18.4 Å². The topological polar surface area (TPSA) is 64.6 Å². The summed E-state index contributed by atoms with van der Waals surface area (Å²) < 4.78 is 34.5. The zero-order valence-electron chi connectivity index (χ0n) is 10.6. The predicted molar refractivity (Wildman–Crippen MR) is 67.5 cm³/mol. The molecule has 1 fully saturated rings. The Morgan fingerprint density at radius 2 is 2.14 bits per heavy atom. The number of benzene rings is 1. The average Bonchev–Trinajstić information content (AvgIpc) is 2.96. The minimum Gasteiger partial charge on any atom is -0.433 e. The molecule has 112 valence electrons. The molecule has 1 unspecified atom stereocenters. The summed E-state index contributed by atoms with van der Waals surface area (Å²) in [7, 11) is 0. The van der Waals surface area contributed by atoms with Gasteiger partial charge >= 0.3 is 12.7 Å². The molecular formula is C13H10ClF2NO4. The SMILES string of the molecule is O=C1NC(=O)C(c2c3c(cc(Cl)c2OC(F)F)CCC3)O1. The van der Waals surface area contributed by atoms with E-state index < -0.39 is 24.7 Å². The van der Waals surface area contributed by atoms with Crippen LogP contribution in [0.25, 0.3) is 0 Å². The molecule has 1 aromatic carbocycles. The number of nitrogens with one attached hydrogen (secondary N) is 1. The first kappa shape index (κ1) is 14.1. The normalized spacial score (nSPS) is 20.5. The van der Waals surface area contributed by atoms with Crippen molar-refractivity contribution < 1.29 is 27.8 Å². The first-order chi connectivity index (χ1) is 9.97. The minimum atomic E-state index is -3.10. The van der Waals surface area contributed by atoms with Crippen LogP contribution in [0.3, 0.4) is 0 Å². The van der Waals surface area contributed by atoms with Gasteiger partial charge in [0.15, 0.2) is 5.75 Å². The molecule has 2 aliphatic rings. The van der Waals surface area contributed by atoms with E-state index in [1.165, 1.54) is 0 Å². The van der Waals surface area contributed by atoms with Crippen LogP contribution >= 0.6 is 11.6 Å². The molecule has 21 heavy (non-hydrogen) atoms. The Kier molecular flexibility index (Phi) is 3.44. The molecule has 1 N–H and O–H groups in total. The molecule has 1 aromatic rings. The number of hydrogen-bond donors (Lipinski definition) is 1. The zero-order chi connectivity index (χ0) is 15.1. The monoisotopic (exact) mass is 317 g/mol. The van der Waals surface area contributed by atoms with Crippen molar-refractivity contribution in [3.8, 4) is 5.75 Å². The largest absolute Gasteiger partial charge is 0.433 e. The lowest BCUT2D eigenvalue weighted by Crippen LogP contribution is -2.21. The van der Waals surface area contributed by atoms with Crippen molar-refractivity contribution in [2.24, 2.45) is 0 Å². The molecule has 5 nitrogen and oxygen atoms in total. The van der Waals surface area contributed by atoms with Crippen LogP contribution in [0, 0.1) is 0 Å². The van der Waals surface area contributed by atoms with Gasteiger partial charge in [0.2, 0.25) is 6.10 Å². The van der Waals surface area contributed by atoms with E-state index in [0.29, 0.717) is 12.0 Å². The van der Waals surface area contributed by atoms with E-state index in [1.807, 2.05) is 5.32 Å². The van der Waals surface area contributed by atoms with Crippen LogP contribution in [0.15, 0.2) is 6.07 Å². The van der Waals surface area contributed by atoms with Crippen LogP contribution < -0.4 is 10.1 Å². The van der Waals surface area contributed by atoms with Crippen molar-refractivity contribution in [1.29, 1.82) is 0 Å². The molecule has 1 saturated heterocycles. The second kappa shape index (κ2) is 5.14. The maximum atomic E-state index is 12.6. The molecular weight excluding hydrogens is 308 g/mol. The zero-order valence-corrected chi connectivity index (χ0v) is 11.4. The molecule has 0 radical (unpaired) electrons. The Balaban J connectivity index is 2.16. The number of imide groups is 1. The lowest BCUT2D eigenvalue weighted by atomic mass is 9.97. The van der Waals surface area contributed by atoms with E-state index in [1.54, 1.807) is 6.07 Å². The molecule has 0 spiro atoms. The van der Waals surface area contributed by atoms with E-state index in [-0.39, 0.29) is 16.3 Å². The van der Waals surface area contributed by atoms with Crippen molar-refractivity contribution in [1.82, 2.24) is 5.32 Å².